The Balaban J connectivity index is 1.62. The zero-order valence-electron chi connectivity index (χ0n) is 18.0. The summed E-state index contributed by atoms with van der Waals surface area (Å²) in [6.07, 6.45) is 2.38. The molecule has 2 aromatic carbocycles. The molecule has 3 N–H and O–H groups in total. The third kappa shape index (κ3) is 4.59. The second kappa shape index (κ2) is 8.89. The second-order valence-corrected chi connectivity index (χ2v) is 7.38. The molecule has 162 valence electrons. The highest BCUT2D eigenvalue weighted by Gasteiger charge is 2.16. The molecule has 0 aliphatic rings. The summed E-state index contributed by atoms with van der Waals surface area (Å²) in [4.78, 5) is 24.4. The lowest BCUT2D eigenvalue weighted by molar-refractivity contribution is -0.123. The van der Waals surface area contributed by atoms with Crippen molar-refractivity contribution in [2.24, 2.45) is 5.73 Å². The maximum atomic E-state index is 11.5. The molecular weight excluding hydrogens is 406 g/mol. The Hall–Kier alpha value is -4.20. The molecule has 8 nitrogen and oxygen atoms in total. The quantitative estimate of drug-likeness (QED) is 0.447. The van der Waals surface area contributed by atoms with Gasteiger partial charge in [0.1, 0.15) is 29.4 Å². The van der Waals surface area contributed by atoms with Crippen LogP contribution in [0.15, 0.2) is 61.1 Å². The van der Waals surface area contributed by atoms with Gasteiger partial charge in [-0.2, -0.15) is 0 Å². The van der Waals surface area contributed by atoms with Gasteiger partial charge in [0.15, 0.2) is 6.10 Å². The van der Waals surface area contributed by atoms with Crippen molar-refractivity contribution in [2.75, 3.05) is 5.32 Å². The third-order valence-electron chi connectivity index (χ3n) is 4.88. The highest BCUT2D eigenvalue weighted by molar-refractivity contribution is 5.96. The average molecular weight is 429 g/mol. The number of nitrogens with two attached hydrogens (primary N) is 1. The van der Waals surface area contributed by atoms with Gasteiger partial charge in [0, 0.05) is 11.4 Å². The molecule has 4 aromatic rings. The standard InChI is InChI=1S/C24H23N5O3/c1-14-11-17(8-10-20(14)32-18-9-7-15(2)26-12-18)29-24-22-19(27-13-28-24)5-4-6-21(22)31-16(3)23(25)30/h4-13,16H,1-3H3,(H2,25,30)(H,27,28,29). The number of benzene rings is 2. The Labute approximate surface area is 185 Å². The van der Waals surface area contributed by atoms with Gasteiger partial charge < -0.3 is 20.5 Å². The van der Waals surface area contributed by atoms with Crippen LogP contribution in [0.4, 0.5) is 11.5 Å². The first kappa shape index (κ1) is 21.0. The Kier molecular flexibility index (Phi) is 5.85. The van der Waals surface area contributed by atoms with E-state index in [4.69, 9.17) is 15.2 Å². The number of amides is 1. The van der Waals surface area contributed by atoms with Gasteiger partial charge in [0.05, 0.1) is 17.1 Å². The number of aryl methyl sites for hydroxylation is 2. The van der Waals surface area contributed by atoms with Crippen molar-refractivity contribution in [1.82, 2.24) is 15.0 Å². The zero-order chi connectivity index (χ0) is 22.7. The average Bonchev–Trinajstić information content (AvgIpc) is 2.77. The smallest absolute Gasteiger partial charge is 0.258 e. The number of fused-ring (bicyclic) bond motifs is 1. The number of anilines is 2. The van der Waals surface area contributed by atoms with E-state index in [1.807, 2.05) is 50.2 Å². The predicted molar refractivity (Wildman–Crippen MR) is 122 cm³/mol. The van der Waals surface area contributed by atoms with Crippen LogP contribution in [0.25, 0.3) is 10.9 Å². The Bertz CT molecular complexity index is 1270. The van der Waals surface area contributed by atoms with E-state index in [1.165, 1.54) is 6.33 Å². The van der Waals surface area contributed by atoms with Gasteiger partial charge in [-0.05, 0) is 68.8 Å². The summed E-state index contributed by atoms with van der Waals surface area (Å²) in [5.74, 6) is 1.88. The number of carbonyl (C=O) groups is 1. The van der Waals surface area contributed by atoms with E-state index in [0.29, 0.717) is 28.2 Å². The van der Waals surface area contributed by atoms with Gasteiger partial charge in [-0.15, -0.1) is 0 Å². The van der Waals surface area contributed by atoms with Gasteiger partial charge in [-0.3, -0.25) is 9.78 Å². The monoisotopic (exact) mass is 429 g/mol. The first-order valence-corrected chi connectivity index (χ1v) is 10.1. The van der Waals surface area contributed by atoms with Crippen LogP contribution < -0.4 is 20.5 Å². The maximum Gasteiger partial charge on any atom is 0.258 e. The molecule has 0 bridgehead atoms. The SMILES string of the molecule is Cc1ccc(Oc2ccc(Nc3ncnc4cccc(OC(C)C(N)=O)c34)cc2C)cn1. The summed E-state index contributed by atoms with van der Waals surface area (Å²) in [5.41, 5.74) is 8.72. The first-order valence-electron chi connectivity index (χ1n) is 10.1. The summed E-state index contributed by atoms with van der Waals surface area (Å²) >= 11 is 0. The van der Waals surface area contributed by atoms with Crippen LogP contribution in [0.3, 0.4) is 0 Å². The number of hydrogen-bond acceptors (Lipinski definition) is 7. The van der Waals surface area contributed by atoms with Crippen molar-refractivity contribution < 1.29 is 14.3 Å². The molecule has 8 heteroatoms. The van der Waals surface area contributed by atoms with E-state index in [2.05, 4.69) is 20.3 Å². The van der Waals surface area contributed by atoms with E-state index < -0.39 is 12.0 Å². The molecule has 32 heavy (non-hydrogen) atoms. The molecule has 0 spiro atoms. The number of primary amides is 1. The van der Waals surface area contributed by atoms with Crippen molar-refractivity contribution in [2.45, 2.75) is 26.9 Å². The highest BCUT2D eigenvalue weighted by atomic mass is 16.5. The topological polar surface area (TPSA) is 112 Å². The highest BCUT2D eigenvalue weighted by Crippen LogP contribution is 2.33. The van der Waals surface area contributed by atoms with Crippen LogP contribution in [0, 0.1) is 13.8 Å². The van der Waals surface area contributed by atoms with E-state index in [9.17, 15) is 4.79 Å². The number of rotatable bonds is 7. The fraction of sp³-hybridized carbons (Fsp3) is 0.167. The Morgan fingerprint density at radius 3 is 2.59 bits per heavy atom. The van der Waals surface area contributed by atoms with E-state index in [-0.39, 0.29) is 0 Å². The summed E-state index contributed by atoms with van der Waals surface area (Å²) in [7, 11) is 0. The molecule has 1 unspecified atom stereocenters. The van der Waals surface area contributed by atoms with Crippen molar-refractivity contribution >= 4 is 28.3 Å². The van der Waals surface area contributed by atoms with Gasteiger partial charge >= 0.3 is 0 Å². The second-order valence-electron chi connectivity index (χ2n) is 7.38. The maximum absolute atomic E-state index is 11.5. The number of nitrogens with one attached hydrogen (secondary N) is 1. The number of ether oxygens (including phenoxy) is 2. The van der Waals surface area contributed by atoms with E-state index >= 15 is 0 Å². The summed E-state index contributed by atoms with van der Waals surface area (Å²) in [5, 5.41) is 3.97. The minimum atomic E-state index is -0.788. The Morgan fingerprint density at radius 2 is 1.88 bits per heavy atom. The van der Waals surface area contributed by atoms with Crippen LogP contribution in [-0.4, -0.2) is 27.0 Å². The molecule has 0 fully saturated rings. The van der Waals surface area contributed by atoms with Gasteiger partial charge in [-0.1, -0.05) is 6.07 Å². The largest absolute Gasteiger partial charge is 0.480 e. The fourth-order valence-electron chi connectivity index (χ4n) is 3.14. The molecule has 1 atom stereocenters. The van der Waals surface area contributed by atoms with Crippen molar-refractivity contribution in [3.05, 3.63) is 72.3 Å². The van der Waals surface area contributed by atoms with Crippen molar-refractivity contribution in [3.63, 3.8) is 0 Å². The third-order valence-corrected chi connectivity index (χ3v) is 4.88. The van der Waals surface area contributed by atoms with Gasteiger partial charge in [-0.25, -0.2) is 9.97 Å². The molecule has 0 radical (unpaired) electrons. The lowest BCUT2D eigenvalue weighted by Gasteiger charge is -2.16. The number of aromatic nitrogens is 3. The molecule has 0 aliphatic carbocycles. The van der Waals surface area contributed by atoms with Crippen LogP contribution in [0.5, 0.6) is 17.2 Å². The lowest BCUT2D eigenvalue weighted by atomic mass is 10.1. The summed E-state index contributed by atoms with van der Waals surface area (Å²) in [6, 6.07) is 14.9. The number of carbonyl (C=O) groups excluding carboxylic acids is 1. The minimum Gasteiger partial charge on any atom is -0.480 e. The molecule has 4 rings (SSSR count). The summed E-state index contributed by atoms with van der Waals surface area (Å²) < 4.78 is 11.7. The molecular formula is C24H23N5O3. The molecule has 0 saturated carbocycles. The van der Waals surface area contributed by atoms with E-state index in [1.54, 1.807) is 25.3 Å². The predicted octanol–water partition coefficient (Wildman–Crippen LogP) is 4.43. The minimum absolute atomic E-state index is 0.473. The van der Waals surface area contributed by atoms with Crippen LogP contribution in [0.1, 0.15) is 18.2 Å². The van der Waals surface area contributed by atoms with Crippen LogP contribution >= 0.6 is 0 Å². The lowest BCUT2D eigenvalue weighted by Crippen LogP contribution is -2.30. The Morgan fingerprint density at radius 1 is 1.03 bits per heavy atom. The van der Waals surface area contributed by atoms with Crippen LogP contribution in [0.2, 0.25) is 0 Å². The first-order chi connectivity index (χ1) is 15.4. The van der Waals surface area contributed by atoms with Gasteiger partial charge in [0.2, 0.25) is 0 Å². The summed E-state index contributed by atoms with van der Waals surface area (Å²) in [6.45, 7) is 5.49. The fourth-order valence-corrected chi connectivity index (χ4v) is 3.14. The van der Waals surface area contributed by atoms with Crippen LogP contribution in [-0.2, 0) is 4.79 Å². The molecule has 0 aliphatic heterocycles. The number of hydrogen-bond donors (Lipinski definition) is 2. The number of nitrogens with zero attached hydrogens (tertiary/aromatic N) is 3. The van der Waals surface area contributed by atoms with Gasteiger partial charge in [0.25, 0.3) is 5.91 Å². The van der Waals surface area contributed by atoms with E-state index in [0.717, 1.165) is 22.7 Å². The molecule has 2 aromatic heterocycles. The zero-order valence-corrected chi connectivity index (χ0v) is 18.0. The normalized spacial score (nSPS) is 11.7. The number of pyridine rings is 1. The molecule has 2 heterocycles. The van der Waals surface area contributed by atoms with Crippen molar-refractivity contribution in [3.8, 4) is 17.2 Å². The van der Waals surface area contributed by atoms with Crippen molar-refractivity contribution in [1.29, 1.82) is 0 Å². The molecule has 1 amide bonds. The molecule has 0 saturated heterocycles.